The van der Waals surface area contributed by atoms with Crippen molar-refractivity contribution in [2.75, 3.05) is 6.54 Å². The van der Waals surface area contributed by atoms with Crippen LogP contribution in [-0.4, -0.2) is 12.1 Å². The van der Waals surface area contributed by atoms with Crippen molar-refractivity contribution in [3.05, 3.63) is 22.6 Å². The summed E-state index contributed by atoms with van der Waals surface area (Å²) in [6.07, 6.45) is 2.62. The van der Waals surface area contributed by atoms with E-state index < -0.39 is 5.54 Å². The summed E-state index contributed by atoms with van der Waals surface area (Å²) >= 11 is 3.25. The lowest BCUT2D eigenvalue weighted by Crippen LogP contribution is -2.40. The molecule has 74 valence electrons. The average Bonchev–Trinajstić information content (AvgIpc) is 2.77. The zero-order valence-electron chi connectivity index (χ0n) is 7.72. The second kappa shape index (κ2) is 3.76. The molecule has 0 aliphatic carbocycles. The highest BCUT2D eigenvalue weighted by Gasteiger charge is 2.34. The minimum atomic E-state index is -0.405. The summed E-state index contributed by atoms with van der Waals surface area (Å²) in [6.45, 7) is 0.926. The van der Waals surface area contributed by atoms with Crippen LogP contribution in [-0.2, 0) is 6.42 Å². The fourth-order valence-corrected chi connectivity index (χ4v) is 2.18. The number of furan rings is 1. The molecular weight excluding hydrogens is 244 g/mol. The van der Waals surface area contributed by atoms with Gasteiger partial charge in [-0.25, -0.2) is 0 Å². The van der Waals surface area contributed by atoms with Crippen molar-refractivity contribution in [1.29, 1.82) is 5.26 Å². The Kier molecular flexibility index (Phi) is 2.62. The fraction of sp³-hybridized carbons (Fsp3) is 0.500. The molecule has 1 atom stereocenters. The minimum absolute atomic E-state index is 0.405. The average molecular weight is 255 g/mol. The zero-order chi connectivity index (χ0) is 10.0. The largest absolute Gasteiger partial charge is 0.454 e. The molecule has 0 saturated carbocycles. The standard InChI is InChI=1S/C10H11BrN2O/c11-9-3-2-8(14-9)6-10(7-12)4-1-5-13-10/h2-3,13H,1,4-6H2. The molecule has 1 fully saturated rings. The van der Waals surface area contributed by atoms with Gasteiger partial charge in [0.1, 0.15) is 11.3 Å². The first kappa shape index (κ1) is 9.75. The van der Waals surface area contributed by atoms with Crippen LogP contribution in [0.5, 0.6) is 0 Å². The van der Waals surface area contributed by atoms with Gasteiger partial charge in [-0.1, -0.05) is 0 Å². The smallest absolute Gasteiger partial charge is 0.169 e. The second-order valence-corrected chi connectivity index (χ2v) is 4.39. The van der Waals surface area contributed by atoms with Gasteiger partial charge in [0.2, 0.25) is 0 Å². The Morgan fingerprint density at radius 2 is 2.50 bits per heavy atom. The van der Waals surface area contributed by atoms with E-state index in [1.165, 1.54) is 0 Å². The van der Waals surface area contributed by atoms with E-state index >= 15 is 0 Å². The Hall–Kier alpha value is -0.790. The van der Waals surface area contributed by atoms with E-state index in [-0.39, 0.29) is 0 Å². The molecule has 2 heterocycles. The van der Waals surface area contributed by atoms with Gasteiger partial charge in [0.15, 0.2) is 4.67 Å². The van der Waals surface area contributed by atoms with Gasteiger partial charge in [-0.05, 0) is 47.4 Å². The molecule has 1 aliphatic heterocycles. The third-order valence-electron chi connectivity index (χ3n) is 2.56. The summed E-state index contributed by atoms with van der Waals surface area (Å²) in [6, 6.07) is 6.11. The van der Waals surface area contributed by atoms with Crippen molar-refractivity contribution in [2.45, 2.75) is 24.8 Å². The molecule has 4 heteroatoms. The molecule has 0 aromatic carbocycles. The van der Waals surface area contributed by atoms with Gasteiger partial charge < -0.3 is 4.42 Å². The molecule has 14 heavy (non-hydrogen) atoms. The number of rotatable bonds is 2. The summed E-state index contributed by atoms with van der Waals surface area (Å²) in [5, 5.41) is 12.4. The van der Waals surface area contributed by atoms with Crippen molar-refractivity contribution in [3.8, 4) is 6.07 Å². The summed E-state index contributed by atoms with van der Waals surface area (Å²) in [5.74, 6) is 0.854. The van der Waals surface area contributed by atoms with Crippen molar-refractivity contribution in [3.63, 3.8) is 0 Å². The van der Waals surface area contributed by atoms with Crippen LogP contribution in [0.4, 0.5) is 0 Å². The first-order valence-corrected chi connectivity index (χ1v) is 5.44. The van der Waals surface area contributed by atoms with E-state index in [1.54, 1.807) is 0 Å². The predicted molar refractivity (Wildman–Crippen MR) is 55.7 cm³/mol. The van der Waals surface area contributed by atoms with Crippen molar-refractivity contribution in [2.24, 2.45) is 0 Å². The maximum Gasteiger partial charge on any atom is 0.169 e. The van der Waals surface area contributed by atoms with Gasteiger partial charge in [0.25, 0.3) is 0 Å². The fourth-order valence-electron chi connectivity index (χ4n) is 1.84. The predicted octanol–water partition coefficient (Wildman–Crippen LogP) is 2.23. The highest BCUT2D eigenvalue weighted by Crippen LogP contribution is 2.25. The molecule has 1 saturated heterocycles. The molecule has 0 radical (unpaired) electrons. The van der Waals surface area contributed by atoms with E-state index in [0.29, 0.717) is 6.42 Å². The molecule has 0 spiro atoms. The van der Waals surface area contributed by atoms with Gasteiger partial charge in [0, 0.05) is 6.42 Å². The molecule has 1 N–H and O–H groups in total. The lowest BCUT2D eigenvalue weighted by atomic mass is 9.94. The molecular formula is C10H11BrN2O. The number of nitrogens with zero attached hydrogens (tertiary/aromatic N) is 1. The van der Waals surface area contributed by atoms with Crippen LogP contribution in [0.15, 0.2) is 21.2 Å². The van der Waals surface area contributed by atoms with Gasteiger partial charge >= 0.3 is 0 Å². The maximum absolute atomic E-state index is 9.12. The summed E-state index contributed by atoms with van der Waals surface area (Å²) in [4.78, 5) is 0. The molecule has 1 unspecified atom stereocenters. The van der Waals surface area contributed by atoms with Crippen LogP contribution in [0.1, 0.15) is 18.6 Å². The van der Waals surface area contributed by atoms with E-state index in [2.05, 4.69) is 27.3 Å². The van der Waals surface area contributed by atoms with Crippen molar-refractivity contribution >= 4 is 15.9 Å². The zero-order valence-corrected chi connectivity index (χ0v) is 9.30. The second-order valence-electron chi connectivity index (χ2n) is 3.61. The van der Waals surface area contributed by atoms with Crippen LogP contribution in [0, 0.1) is 11.3 Å². The molecule has 1 aromatic rings. The van der Waals surface area contributed by atoms with E-state index in [0.717, 1.165) is 29.8 Å². The SMILES string of the molecule is N#CC1(Cc2ccc(Br)o2)CCCN1. The molecule has 3 nitrogen and oxygen atoms in total. The van der Waals surface area contributed by atoms with E-state index in [9.17, 15) is 0 Å². The third-order valence-corrected chi connectivity index (χ3v) is 2.99. The summed E-state index contributed by atoms with van der Waals surface area (Å²) in [5.41, 5.74) is -0.405. The molecule has 2 rings (SSSR count). The molecule has 1 aliphatic rings. The number of nitriles is 1. The summed E-state index contributed by atoms with van der Waals surface area (Å²) in [7, 11) is 0. The van der Waals surface area contributed by atoms with E-state index in [4.69, 9.17) is 9.68 Å². The maximum atomic E-state index is 9.12. The van der Waals surface area contributed by atoms with Gasteiger partial charge in [-0.3, -0.25) is 5.32 Å². The lowest BCUT2D eigenvalue weighted by Gasteiger charge is -2.18. The molecule has 1 aromatic heterocycles. The highest BCUT2D eigenvalue weighted by atomic mass is 79.9. The normalized spacial score (nSPS) is 26.3. The Morgan fingerprint density at radius 3 is 3.00 bits per heavy atom. The first-order chi connectivity index (χ1) is 6.74. The van der Waals surface area contributed by atoms with Gasteiger partial charge in [-0.2, -0.15) is 5.26 Å². The van der Waals surface area contributed by atoms with Gasteiger partial charge in [-0.15, -0.1) is 0 Å². The molecule has 0 amide bonds. The number of halogens is 1. The van der Waals surface area contributed by atoms with Gasteiger partial charge in [0.05, 0.1) is 6.07 Å². The van der Waals surface area contributed by atoms with Crippen LogP contribution < -0.4 is 5.32 Å². The monoisotopic (exact) mass is 254 g/mol. The van der Waals surface area contributed by atoms with Crippen LogP contribution in [0.3, 0.4) is 0 Å². The Morgan fingerprint density at radius 1 is 1.64 bits per heavy atom. The van der Waals surface area contributed by atoms with Crippen molar-refractivity contribution < 1.29 is 4.42 Å². The number of nitrogens with one attached hydrogen (secondary N) is 1. The lowest BCUT2D eigenvalue weighted by molar-refractivity contribution is 0.407. The van der Waals surface area contributed by atoms with E-state index in [1.807, 2.05) is 12.1 Å². The minimum Gasteiger partial charge on any atom is -0.454 e. The van der Waals surface area contributed by atoms with Crippen LogP contribution >= 0.6 is 15.9 Å². The highest BCUT2D eigenvalue weighted by molar-refractivity contribution is 9.10. The van der Waals surface area contributed by atoms with Crippen LogP contribution in [0.25, 0.3) is 0 Å². The first-order valence-electron chi connectivity index (χ1n) is 4.65. The Bertz CT molecular complexity index is 360. The Labute approximate surface area is 91.2 Å². The summed E-state index contributed by atoms with van der Waals surface area (Å²) < 4.78 is 6.12. The topological polar surface area (TPSA) is 49.0 Å². The van der Waals surface area contributed by atoms with Crippen LogP contribution in [0.2, 0.25) is 0 Å². The number of hydrogen-bond acceptors (Lipinski definition) is 3. The Balaban J connectivity index is 2.13. The quantitative estimate of drug-likeness (QED) is 0.881. The number of hydrogen-bond donors (Lipinski definition) is 1. The van der Waals surface area contributed by atoms with Crippen molar-refractivity contribution in [1.82, 2.24) is 5.32 Å². The third kappa shape index (κ3) is 1.84. The molecule has 0 bridgehead atoms.